The number of methoxy groups -OCH3 is 1. The molecule has 1 aliphatic heterocycles. The number of piperidine rings is 1. The summed E-state index contributed by atoms with van der Waals surface area (Å²) in [6.07, 6.45) is 3.70. The lowest BCUT2D eigenvalue weighted by Crippen LogP contribution is -2.56. The number of halogens is 1. The third kappa shape index (κ3) is 3.51. The molecule has 1 unspecified atom stereocenters. The largest absolute Gasteiger partial charge is 0.497 e. The number of fused-ring (bicyclic) bond motifs is 1. The van der Waals surface area contributed by atoms with Gasteiger partial charge in [-0.15, -0.1) is 0 Å². The van der Waals surface area contributed by atoms with E-state index in [1.807, 2.05) is 18.2 Å². The molecular weight excluding hydrogens is 414 g/mol. The summed E-state index contributed by atoms with van der Waals surface area (Å²) in [5.74, 6) is 1.46. The zero-order chi connectivity index (χ0) is 19.8. The van der Waals surface area contributed by atoms with Crippen LogP contribution < -0.4 is 4.74 Å². The molecule has 0 amide bonds. The summed E-state index contributed by atoms with van der Waals surface area (Å²) >= 11 is 3.58. The SMILES string of the molecule is CCN1CC[C@@]2(c3cccc(OC)c3)CC(O)(c3cccc(Br)c3)CC[C@@H]2C1. The fourth-order valence-corrected chi connectivity index (χ4v) is 5.89. The van der Waals surface area contributed by atoms with Crippen LogP contribution in [0.2, 0.25) is 0 Å². The second kappa shape index (κ2) is 7.81. The third-order valence-corrected chi connectivity index (χ3v) is 7.60. The molecule has 1 aliphatic carbocycles. The molecule has 28 heavy (non-hydrogen) atoms. The number of aliphatic hydroxyl groups is 1. The number of hydrogen-bond acceptors (Lipinski definition) is 3. The van der Waals surface area contributed by atoms with Crippen molar-refractivity contribution in [2.24, 2.45) is 5.92 Å². The highest BCUT2D eigenvalue weighted by molar-refractivity contribution is 9.10. The molecule has 150 valence electrons. The van der Waals surface area contributed by atoms with Crippen molar-refractivity contribution >= 4 is 15.9 Å². The second-order valence-electron chi connectivity index (χ2n) is 8.49. The van der Waals surface area contributed by atoms with Crippen molar-refractivity contribution in [1.82, 2.24) is 4.90 Å². The Kier molecular flexibility index (Phi) is 5.56. The Hall–Kier alpha value is -1.36. The average molecular weight is 444 g/mol. The van der Waals surface area contributed by atoms with E-state index in [2.05, 4.69) is 58.1 Å². The number of hydrogen-bond donors (Lipinski definition) is 1. The number of rotatable bonds is 4. The average Bonchev–Trinajstić information content (AvgIpc) is 2.73. The van der Waals surface area contributed by atoms with Crippen LogP contribution in [-0.2, 0) is 11.0 Å². The van der Waals surface area contributed by atoms with E-state index in [4.69, 9.17) is 4.74 Å². The second-order valence-corrected chi connectivity index (χ2v) is 9.40. The van der Waals surface area contributed by atoms with Crippen molar-refractivity contribution < 1.29 is 9.84 Å². The molecule has 0 aromatic heterocycles. The molecule has 1 saturated carbocycles. The molecule has 1 N–H and O–H groups in total. The minimum absolute atomic E-state index is 0.0183. The molecule has 3 atom stereocenters. The fraction of sp³-hybridized carbons (Fsp3) is 0.500. The predicted molar refractivity (Wildman–Crippen MR) is 117 cm³/mol. The first-order valence-corrected chi connectivity index (χ1v) is 11.1. The molecule has 1 heterocycles. The van der Waals surface area contributed by atoms with Gasteiger partial charge in [0.2, 0.25) is 0 Å². The smallest absolute Gasteiger partial charge is 0.119 e. The van der Waals surface area contributed by atoms with Gasteiger partial charge < -0.3 is 14.7 Å². The van der Waals surface area contributed by atoms with Crippen LogP contribution in [0.5, 0.6) is 5.75 Å². The maximum atomic E-state index is 11.8. The van der Waals surface area contributed by atoms with E-state index in [-0.39, 0.29) is 5.41 Å². The Morgan fingerprint density at radius 3 is 2.68 bits per heavy atom. The number of nitrogens with zero attached hydrogens (tertiary/aromatic N) is 1. The molecule has 2 aromatic carbocycles. The highest BCUT2D eigenvalue weighted by Crippen LogP contribution is 2.55. The van der Waals surface area contributed by atoms with Crippen molar-refractivity contribution in [3.05, 3.63) is 64.1 Å². The molecule has 1 saturated heterocycles. The molecular formula is C24H30BrNO2. The molecule has 0 radical (unpaired) electrons. The first-order chi connectivity index (χ1) is 13.5. The highest BCUT2D eigenvalue weighted by Gasteiger charge is 2.53. The Bertz CT molecular complexity index is 841. The molecule has 0 bridgehead atoms. The summed E-state index contributed by atoms with van der Waals surface area (Å²) in [5.41, 5.74) is 1.54. The summed E-state index contributed by atoms with van der Waals surface area (Å²) in [6, 6.07) is 16.8. The van der Waals surface area contributed by atoms with E-state index in [1.165, 1.54) is 5.56 Å². The van der Waals surface area contributed by atoms with Crippen LogP contribution in [0.4, 0.5) is 0 Å². The van der Waals surface area contributed by atoms with Crippen molar-refractivity contribution in [3.8, 4) is 5.75 Å². The monoisotopic (exact) mass is 443 g/mol. The van der Waals surface area contributed by atoms with Gasteiger partial charge in [0.1, 0.15) is 5.75 Å². The first kappa shape index (κ1) is 19.9. The normalized spacial score (nSPS) is 30.6. The zero-order valence-corrected chi connectivity index (χ0v) is 18.4. The van der Waals surface area contributed by atoms with Gasteiger partial charge in [0.15, 0.2) is 0 Å². The van der Waals surface area contributed by atoms with Gasteiger partial charge in [0.05, 0.1) is 12.7 Å². The summed E-state index contributed by atoms with van der Waals surface area (Å²) < 4.78 is 6.56. The topological polar surface area (TPSA) is 32.7 Å². The van der Waals surface area contributed by atoms with Crippen LogP contribution in [0.25, 0.3) is 0 Å². The molecule has 2 aromatic rings. The molecule has 0 spiro atoms. The van der Waals surface area contributed by atoms with Crippen molar-refractivity contribution in [3.63, 3.8) is 0 Å². The quantitative estimate of drug-likeness (QED) is 0.712. The fourth-order valence-electron chi connectivity index (χ4n) is 5.49. The maximum Gasteiger partial charge on any atom is 0.119 e. The number of benzene rings is 2. The lowest BCUT2D eigenvalue weighted by atomic mass is 9.54. The van der Waals surface area contributed by atoms with Gasteiger partial charge in [-0.1, -0.05) is 47.1 Å². The van der Waals surface area contributed by atoms with Crippen LogP contribution >= 0.6 is 15.9 Å². The van der Waals surface area contributed by atoms with E-state index < -0.39 is 5.60 Å². The predicted octanol–water partition coefficient (Wildman–Crippen LogP) is 5.11. The van der Waals surface area contributed by atoms with Crippen molar-refractivity contribution in [2.45, 2.75) is 43.6 Å². The Labute approximate surface area is 176 Å². The van der Waals surface area contributed by atoms with E-state index in [0.717, 1.165) is 61.1 Å². The number of ether oxygens (including phenoxy) is 1. The first-order valence-electron chi connectivity index (χ1n) is 10.3. The van der Waals surface area contributed by atoms with Crippen LogP contribution in [0.3, 0.4) is 0 Å². The van der Waals surface area contributed by atoms with Crippen LogP contribution in [0.1, 0.15) is 43.7 Å². The Balaban J connectivity index is 1.77. The standard InChI is InChI=1S/C24H30BrNO2/c1-3-26-13-12-23(18-6-5-9-22(15-18)28-2)17-24(27,11-10-20(23)16-26)19-7-4-8-21(25)14-19/h4-9,14-15,20,27H,3,10-13,16-17H2,1-2H3/t20-,23+,24?/m1/s1. The molecule has 4 rings (SSSR count). The maximum absolute atomic E-state index is 11.8. The molecule has 3 nitrogen and oxygen atoms in total. The van der Waals surface area contributed by atoms with E-state index in [1.54, 1.807) is 7.11 Å². The third-order valence-electron chi connectivity index (χ3n) is 7.10. The Morgan fingerprint density at radius 2 is 1.93 bits per heavy atom. The van der Waals surface area contributed by atoms with Gasteiger partial charge in [-0.05, 0) is 80.1 Å². The van der Waals surface area contributed by atoms with Gasteiger partial charge in [-0.3, -0.25) is 0 Å². The molecule has 2 fully saturated rings. The summed E-state index contributed by atoms with van der Waals surface area (Å²) in [6.45, 7) is 5.54. The lowest BCUT2D eigenvalue weighted by Gasteiger charge is -2.55. The van der Waals surface area contributed by atoms with Crippen molar-refractivity contribution in [1.29, 1.82) is 0 Å². The van der Waals surface area contributed by atoms with E-state index in [9.17, 15) is 5.11 Å². The highest BCUT2D eigenvalue weighted by atomic mass is 79.9. The minimum atomic E-state index is -0.794. The summed E-state index contributed by atoms with van der Waals surface area (Å²) in [4.78, 5) is 2.56. The van der Waals surface area contributed by atoms with Gasteiger partial charge in [0, 0.05) is 16.4 Å². The van der Waals surface area contributed by atoms with Gasteiger partial charge in [0.25, 0.3) is 0 Å². The van der Waals surface area contributed by atoms with Crippen LogP contribution in [0.15, 0.2) is 53.0 Å². The zero-order valence-electron chi connectivity index (χ0n) is 16.8. The molecule has 4 heteroatoms. The van der Waals surface area contributed by atoms with Gasteiger partial charge in [-0.2, -0.15) is 0 Å². The summed E-state index contributed by atoms with van der Waals surface area (Å²) in [5, 5.41) is 11.8. The van der Waals surface area contributed by atoms with Gasteiger partial charge in [-0.25, -0.2) is 0 Å². The van der Waals surface area contributed by atoms with E-state index >= 15 is 0 Å². The van der Waals surface area contributed by atoms with Gasteiger partial charge >= 0.3 is 0 Å². The van der Waals surface area contributed by atoms with Crippen LogP contribution in [0, 0.1) is 5.92 Å². The molecule has 2 aliphatic rings. The summed E-state index contributed by atoms with van der Waals surface area (Å²) in [7, 11) is 1.73. The van der Waals surface area contributed by atoms with E-state index in [0.29, 0.717) is 5.92 Å². The number of likely N-dealkylation sites (tertiary alicyclic amines) is 1. The van der Waals surface area contributed by atoms with Crippen LogP contribution in [-0.4, -0.2) is 36.8 Å². The Morgan fingerprint density at radius 1 is 1.14 bits per heavy atom. The van der Waals surface area contributed by atoms with Crippen molar-refractivity contribution in [2.75, 3.05) is 26.7 Å². The lowest BCUT2D eigenvalue weighted by molar-refractivity contribution is -0.0764. The minimum Gasteiger partial charge on any atom is -0.497 e.